The molecule has 3 aliphatic heterocycles. The van der Waals surface area contributed by atoms with Crippen molar-refractivity contribution in [1.29, 1.82) is 0 Å². The van der Waals surface area contributed by atoms with E-state index in [0.29, 0.717) is 0 Å². The van der Waals surface area contributed by atoms with Gasteiger partial charge in [0.25, 0.3) is 0 Å². The molecule has 58 heavy (non-hydrogen) atoms. The molecule has 2 amide bonds. The molecular weight excluding hydrogens is 966 g/mol. The fraction of sp³-hybridized carbons (Fsp3) is 0.737. The number of rotatable bonds is 21. The number of amides is 2. The van der Waals surface area contributed by atoms with E-state index in [1.165, 1.54) is 55.6 Å². The lowest BCUT2D eigenvalue weighted by molar-refractivity contribution is -0.182. The van der Waals surface area contributed by atoms with Crippen molar-refractivity contribution in [2.45, 2.75) is 87.5 Å². The first kappa shape index (κ1) is 49.4. The number of carbonyl (C=O) groups excluding carboxylic acids is 8. The lowest BCUT2D eigenvalue weighted by Crippen LogP contribution is -2.47. The highest BCUT2D eigenvalue weighted by Crippen LogP contribution is 2.45. The number of hydrogen-bond donors (Lipinski definition) is 0. The van der Waals surface area contributed by atoms with Gasteiger partial charge in [-0.15, -0.1) is 0 Å². The summed E-state index contributed by atoms with van der Waals surface area (Å²) in [4.78, 5) is 106. The van der Waals surface area contributed by atoms with E-state index in [1.54, 1.807) is 26.0 Å². The van der Waals surface area contributed by atoms with Crippen molar-refractivity contribution >= 4 is 95.4 Å². The molecule has 20 heteroatoms. The quantitative estimate of drug-likeness (QED) is 0.0530. The van der Waals surface area contributed by atoms with Gasteiger partial charge in [0.05, 0.1) is 37.2 Å². The second-order valence-corrected chi connectivity index (χ2v) is 22.8. The lowest BCUT2D eigenvalue weighted by atomic mass is 9.85. The van der Waals surface area contributed by atoms with Gasteiger partial charge in [-0.05, 0) is 62.3 Å². The smallest absolute Gasteiger partial charge is 0.322 e. The van der Waals surface area contributed by atoms with E-state index < -0.39 is 141 Å². The van der Waals surface area contributed by atoms with E-state index in [1.807, 2.05) is 0 Å². The summed E-state index contributed by atoms with van der Waals surface area (Å²) in [6.07, 6.45) is 2.45. The normalized spacial score (nSPS) is 22.4. The van der Waals surface area contributed by atoms with Crippen LogP contribution >= 0.6 is 47.8 Å². The Labute approximate surface area is 362 Å². The average molecular weight is 1020 g/mol. The van der Waals surface area contributed by atoms with Crippen LogP contribution < -0.4 is 0 Å². The molecule has 3 rings (SSSR count). The molecular formula is C38H52Br3NO16. The number of hydrogen-bond acceptors (Lipinski definition) is 16. The molecule has 0 aromatic rings. The predicted molar refractivity (Wildman–Crippen MR) is 212 cm³/mol. The molecule has 0 aromatic carbocycles. The summed E-state index contributed by atoms with van der Waals surface area (Å²) in [5.74, 6) is -7.44. The molecule has 0 aliphatic carbocycles. The molecule has 2 bridgehead atoms. The summed E-state index contributed by atoms with van der Waals surface area (Å²) in [6, 6.07) is 0. The van der Waals surface area contributed by atoms with Crippen molar-refractivity contribution in [2.75, 3.05) is 59.9 Å². The van der Waals surface area contributed by atoms with Crippen LogP contribution in [0.5, 0.6) is 0 Å². The van der Waals surface area contributed by atoms with Gasteiger partial charge in [-0.3, -0.25) is 43.3 Å². The summed E-state index contributed by atoms with van der Waals surface area (Å²) in [7, 11) is 1.32. The molecule has 17 nitrogen and oxygen atoms in total. The minimum absolute atomic E-state index is 0.258. The zero-order valence-electron chi connectivity index (χ0n) is 34.2. The van der Waals surface area contributed by atoms with Crippen molar-refractivity contribution in [3.05, 3.63) is 12.2 Å². The van der Waals surface area contributed by atoms with Gasteiger partial charge in [-0.1, -0.05) is 59.9 Å². The summed E-state index contributed by atoms with van der Waals surface area (Å²) >= 11 is 9.60. The highest BCUT2D eigenvalue weighted by Gasteiger charge is 2.60. The Morgan fingerprint density at radius 2 is 0.828 bits per heavy atom. The standard InChI is InChI=1S/C38H52Br3NO16/c1-33(2,39)27(45)53-16-36(7,15-51-10)31(49)56-19-37(8,30(48)52-14-13-42-25(43)23-21-11-12-22(58-21)24(23)26(42)44)20-57-32(50)38(9,17-54-28(46)34(3,4)40)18-55-29(47)35(5,6)41/h11-12,21-24H,13-20H2,1-10H3/t21?,22?,23-,24+,36?,37?. The van der Waals surface area contributed by atoms with Crippen molar-refractivity contribution in [2.24, 2.45) is 28.1 Å². The number of fused-ring (bicyclic) bond motifs is 5. The van der Waals surface area contributed by atoms with Crippen LogP contribution in [0.1, 0.15) is 62.3 Å². The summed E-state index contributed by atoms with van der Waals surface area (Å²) < 4.78 is 40.4. The van der Waals surface area contributed by atoms with Crippen LogP contribution in [-0.4, -0.2) is 138 Å². The van der Waals surface area contributed by atoms with Gasteiger partial charge in [0.1, 0.15) is 68.9 Å². The molecule has 326 valence electrons. The number of ether oxygens (including phenoxy) is 8. The van der Waals surface area contributed by atoms with Gasteiger partial charge in [-0.25, -0.2) is 0 Å². The maximum atomic E-state index is 13.9. The Morgan fingerprint density at radius 1 is 0.534 bits per heavy atom. The van der Waals surface area contributed by atoms with Gasteiger partial charge in [0, 0.05) is 7.11 Å². The SMILES string of the molecule is COCC(C)(COC(=O)C(C)(C)Br)C(=O)OCC(C)(COC(=O)C(C)(COC(=O)C(C)(C)Br)COC(=O)C(C)(C)Br)C(=O)OCCN1C(=O)[C@@H]2C3C=CC(O3)[C@@H]2C1=O. The first-order valence-electron chi connectivity index (χ1n) is 18.3. The minimum atomic E-state index is -1.94. The number of likely N-dealkylation sites (tertiary alicyclic amines) is 1. The first-order valence-corrected chi connectivity index (χ1v) is 20.7. The van der Waals surface area contributed by atoms with E-state index in [-0.39, 0.29) is 13.2 Å². The topological polar surface area (TPSA) is 214 Å². The summed E-state index contributed by atoms with van der Waals surface area (Å²) in [5.41, 5.74) is -5.31. The molecule has 2 saturated heterocycles. The molecule has 0 N–H and O–H groups in total. The summed E-state index contributed by atoms with van der Waals surface area (Å²) in [6.45, 7) is 9.05. The maximum absolute atomic E-state index is 13.9. The van der Waals surface area contributed by atoms with Crippen LogP contribution in [0, 0.1) is 28.1 Å². The Morgan fingerprint density at radius 3 is 1.14 bits per heavy atom. The maximum Gasteiger partial charge on any atom is 0.322 e. The average Bonchev–Trinajstić information content (AvgIpc) is 3.82. The van der Waals surface area contributed by atoms with Crippen LogP contribution in [0.2, 0.25) is 0 Å². The molecule has 0 spiro atoms. The minimum Gasteiger partial charge on any atom is -0.464 e. The second kappa shape index (κ2) is 18.8. The third-order valence-electron chi connectivity index (χ3n) is 9.56. The number of methoxy groups -OCH3 is 1. The Kier molecular flexibility index (Phi) is 16.0. The Bertz CT molecular complexity index is 1600. The van der Waals surface area contributed by atoms with Crippen LogP contribution in [-0.2, 0) is 76.3 Å². The third-order valence-corrected chi connectivity index (χ3v) is 10.5. The predicted octanol–water partition coefficient (Wildman–Crippen LogP) is 3.37. The molecule has 0 radical (unpaired) electrons. The third kappa shape index (κ3) is 11.9. The number of alkyl halides is 3. The van der Waals surface area contributed by atoms with Gasteiger partial charge in [-0.2, -0.15) is 0 Å². The first-order chi connectivity index (χ1) is 26.5. The Balaban J connectivity index is 1.83. The fourth-order valence-electron chi connectivity index (χ4n) is 5.77. The van der Waals surface area contributed by atoms with Crippen molar-refractivity contribution < 1.29 is 76.3 Å². The molecule has 3 heterocycles. The van der Waals surface area contributed by atoms with Crippen LogP contribution in [0.4, 0.5) is 0 Å². The monoisotopic (exact) mass is 1020 g/mol. The Hall–Kier alpha value is -2.94. The largest absolute Gasteiger partial charge is 0.464 e. The molecule has 4 unspecified atom stereocenters. The molecule has 0 aromatic heterocycles. The summed E-state index contributed by atoms with van der Waals surface area (Å²) in [5, 5.41) is 0. The fourth-order valence-corrected chi connectivity index (χ4v) is 6.12. The molecule has 3 aliphatic rings. The number of imide groups is 1. The second-order valence-electron chi connectivity index (χ2n) is 16.9. The number of carbonyl (C=O) groups is 8. The van der Waals surface area contributed by atoms with Gasteiger partial charge in [0.2, 0.25) is 11.8 Å². The van der Waals surface area contributed by atoms with Gasteiger partial charge in [0.15, 0.2) is 0 Å². The van der Waals surface area contributed by atoms with Crippen molar-refractivity contribution in [3.8, 4) is 0 Å². The number of halogens is 3. The number of nitrogens with zero attached hydrogens (tertiary/aromatic N) is 1. The zero-order chi connectivity index (χ0) is 44.2. The van der Waals surface area contributed by atoms with Gasteiger partial charge >= 0.3 is 35.8 Å². The van der Waals surface area contributed by atoms with E-state index in [4.69, 9.17) is 37.9 Å². The highest BCUT2D eigenvalue weighted by atomic mass is 79.9. The highest BCUT2D eigenvalue weighted by molar-refractivity contribution is 9.10. The van der Waals surface area contributed by atoms with E-state index in [0.717, 1.165) is 4.90 Å². The molecule has 0 saturated carbocycles. The molecule has 2 fully saturated rings. The lowest BCUT2D eigenvalue weighted by Gasteiger charge is -2.32. The molecule has 6 atom stereocenters. The van der Waals surface area contributed by atoms with E-state index >= 15 is 0 Å². The van der Waals surface area contributed by atoms with Crippen molar-refractivity contribution in [1.82, 2.24) is 4.90 Å². The van der Waals surface area contributed by atoms with Crippen LogP contribution in [0.15, 0.2) is 12.2 Å². The van der Waals surface area contributed by atoms with E-state index in [2.05, 4.69) is 47.8 Å². The van der Waals surface area contributed by atoms with Gasteiger partial charge < -0.3 is 37.9 Å². The zero-order valence-corrected chi connectivity index (χ0v) is 39.0. The van der Waals surface area contributed by atoms with Crippen LogP contribution in [0.3, 0.4) is 0 Å². The van der Waals surface area contributed by atoms with Crippen LogP contribution in [0.25, 0.3) is 0 Å². The van der Waals surface area contributed by atoms with E-state index in [9.17, 15) is 38.4 Å². The van der Waals surface area contributed by atoms with Crippen molar-refractivity contribution in [3.63, 3.8) is 0 Å². The number of esters is 6.